The second-order valence-corrected chi connectivity index (χ2v) is 4.08. The summed E-state index contributed by atoms with van der Waals surface area (Å²) in [6.07, 6.45) is 0. The second-order valence-electron chi connectivity index (χ2n) is 3.26. The van der Waals surface area contributed by atoms with Crippen LogP contribution in [0.1, 0.15) is 62.3 Å². The fourth-order valence-electron chi connectivity index (χ4n) is 0.642. The van der Waals surface area contributed by atoms with E-state index >= 15 is 0 Å². The van der Waals surface area contributed by atoms with Gasteiger partial charge in [-0.1, -0.05) is 59.2 Å². The van der Waals surface area contributed by atoms with Crippen molar-refractivity contribution >= 4 is 23.2 Å². The summed E-state index contributed by atoms with van der Waals surface area (Å²) in [4.78, 5) is 14.4. The van der Waals surface area contributed by atoms with Crippen molar-refractivity contribution in [3.63, 3.8) is 0 Å². The lowest BCUT2D eigenvalue weighted by Crippen LogP contribution is -2.24. The SMILES string of the molecule is CC.CC.CC.CC(C)=C(C)C(=O)N=C(N)N.c1ccsc1. The number of allylic oxidation sites excluding steroid dienone is 1. The molecule has 4 nitrogen and oxygen atoms in total. The monoisotopic (exact) mass is 329 g/mol. The quantitative estimate of drug-likeness (QED) is 0.433. The van der Waals surface area contributed by atoms with Crippen LogP contribution in [-0.2, 0) is 4.79 Å². The lowest BCUT2D eigenvalue weighted by Gasteiger charge is -1.96. The number of nitrogens with two attached hydrogens (primary N) is 2. The third-order valence-corrected chi connectivity index (χ3v) is 2.36. The number of nitrogens with zero attached hydrogens (tertiary/aromatic N) is 1. The number of hydrogen-bond donors (Lipinski definition) is 2. The van der Waals surface area contributed by atoms with Crippen molar-refractivity contribution in [3.05, 3.63) is 34.0 Å². The molecule has 22 heavy (non-hydrogen) atoms. The molecule has 0 aliphatic heterocycles. The maximum Gasteiger partial charge on any atom is 0.275 e. The molecule has 0 spiro atoms. The van der Waals surface area contributed by atoms with Crippen molar-refractivity contribution in [3.8, 4) is 0 Å². The van der Waals surface area contributed by atoms with Gasteiger partial charge in [0.25, 0.3) is 5.91 Å². The zero-order chi connectivity index (χ0) is 18.6. The molecule has 4 N–H and O–H groups in total. The van der Waals surface area contributed by atoms with Gasteiger partial charge in [-0.3, -0.25) is 4.79 Å². The number of rotatable bonds is 1. The topological polar surface area (TPSA) is 81.5 Å². The molecule has 0 unspecified atom stereocenters. The Hall–Kier alpha value is -1.62. The maximum atomic E-state index is 11.0. The highest BCUT2D eigenvalue weighted by Crippen LogP contribution is 2.03. The van der Waals surface area contributed by atoms with Crippen LogP contribution in [0, 0.1) is 0 Å². The Bertz CT molecular complexity index is 357. The normalized spacial score (nSPS) is 6.95. The Morgan fingerprint density at radius 2 is 1.23 bits per heavy atom. The number of amides is 1. The van der Waals surface area contributed by atoms with E-state index in [0.717, 1.165) is 5.57 Å². The number of carbonyl (C=O) groups is 1. The third kappa shape index (κ3) is 23.5. The van der Waals surface area contributed by atoms with Crippen LogP contribution in [0.25, 0.3) is 0 Å². The van der Waals surface area contributed by atoms with Crippen LogP contribution in [-0.4, -0.2) is 11.9 Å². The number of thiophene rings is 1. The Morgan fingerprint density at radius 1 is 0.864 bits per heavy atom. The third-order valence-electron chi connectivity index (χ3n) is 1.73. The molecule has 0 bridgehead atoms. The van der Waals surface area contributed by atoms with E-state index in [9.17, 15) is 4.79 Å². The van der Waals surface area contributed by atoms with Crippen LogP contribution in [0.15, 0.2) is 39.0 Å². The molecule has 0 aliphatic rings. The minimum Gasteiger partial charge on any atom is -0.370 e. The maximum absolute atomic E-state index is 11.0. The fourth-order valence-corrected chi connectivity index (χ4v) is 1.10. The van der Waals surface area contributed by atoms with Gasteiger partial charge in [0.2, 0.25) is 0 Å². The minimum absolute atomic E-state index is 0.199. The minimum atomic E-state index is -0.370. The number of aliphatic imine (C=N–C) groups is 1. The number of carbonyl (C=O) groups excluding carboxylic acids is 1. The van der Waals surface area contributed by atoms with E-state index in [-0.39, 0.29) is 11.9 Å². The molecule has 0 aromatic carbocycles. The lowest BCUT2D eigenvalue weighted by atomic mass is 10.2. The molecule has 1 aromatic rings. The van der Waals surface area contributed by atoms with E-state index in [2.05, 4.69) is 4.99 Å². The van der Waals surface area contributed by atoms with Crippen molar-refractivity contribution in [2.24, 2.45) is 16.5 Å². The molecule has 0 atom stereocenters. The van der Waals surface area contributed by atoms with Gasteiger partial charge < -0.3 is 11.5 Å². The van der Waals surface area contributed by atoms with E-state index in [1.54, 1.807) is 18.3 Å². The summed E-state index contributed by atoms with van der Waals surface area (Å²) in [5.74, 6) is -0.569. The van der Waals surface area contributed by atoms with Gasteiger partial charge in [-0.05, 0) is 31.5 Å². The second kappa shape index (κ2) is 24.4. The predicted molar refractivity (Wildman–Crippen MR) is 103 cm³/mol. The van der Waals surface area contributed by atoms with Gasteiger partial charge >= 0.3 is 0 Å². The van der Waals surface area contributed by atoms with Crippen LogP contribution in [0.2, 0.25) is 0 Å². The van der Waals surface area contributed by atoms with Crippen LogP contribution < -0.4 is 11.5 Å². The first-order valence-electron chi connectivity index (χ1n) is 7.70. The predicted octanol–water partition coefficient (Wildman–Crippen LogP) is 4.97. The Kier molecular flexibility index (Phi) is 31.6. The molecule has 130 valence electrons. The van der Waals surface area contributed by atoms with E-state index < -0.39 is 0 Å². The molecular weight excluding hydrogens is 294 g/mol. The van der Waals surface area contributed by atoms with Gasteiger partial charge in [0.15, 0.2) is 5.96 Å². The Labute approximate surface area is 141 Å². The van der Waals surface area contributed by atoms with Crippen LogP contribution >= 0.6 is 11.3 Å². The molecule has 5 heteroatoms. The van der Waals surface area contributed by atoms with Crippen molar-refractivity contribution in [1.29, 1.82) is 0 Å². The molecule has 0 saturated carbocycles. The first kappa shape index (κ1) is 28.5. The van der Waals surface area contributed by atoms with Gasteiger partial charge in [0.1, 0.15) is 0 Å². The molecule has 1 amide bonds. The smallest absolute Gasteiger partial charge is 0.275 e. The van der Waals surface area contributed by atoms with E-state index in [4.69, 9.17) is 11.5 Å². The summed E-state index contributed by atoms with van der Waals surface area (Å²) in [6, 6.07) is 4.04. The lowest BCUT2D eigenvalue weighted by molar-refractivity contribution is -0.114. The zero-order valence-electron chi connectivity index (χ0n) is 15.7. The largest absolute Gasteiger partial charge is 0.370 e. The number of hydrogen-bond acceptors (Lipinski definition) is 2. The molecule has 0 radical (unpaired) electrons. The highest BCUT2D eigenvalue weighted by molar-refractivity contribution is 7.07. The zero-order valence-corrected chi connectivity index (χ0v) is 16.5. The Balaban J connectivity index is -0.000000122. The van der Waals surface area contributed by atoms with E-state index in [0.29, 0.717) is 5.57 Å². The summed E-state index contributed by atoms with van der Waals surface area (Å²) in [5.41, 5.74) is 11.5. The molecule has 0 saturated heterocycles. The summed E-state index contributed by atoms with van der Waals surface area (Å²) in [7, 11) is 0. The first-order valence-corrected chi connectivity index (χ1v) is 8.64. The van der Waals surface area contributed by atoms with E-state index in [1.165, 1.54) is 0 Å². The average molecular weight is 330 g/mol. The molecule has 1 rings (SSSR count). The van der Waals surface area contributed by atoms with Crippen molar-refractivity contribution in [2.45, 2.75) is 62.3 Å². The van der Waals surface area contributed by atoms with Crippen molar-refractivity contribution in [1.82, 2.24) is 0 Å². The van der Waals surface area contributed by atoms with Crippen LogP contribution in [0.3, 0.4) is 0 Å². The van der Waals surface area contributed by atoms with Gasteiger partial charge in [-0.15, -0.1) is 0 Å². The van der Waals surface area contributed by atoms with E-state index in [1.807, 2.05) is 78.3 Å². The van der Waals surface area contributed by atoms with Gasteiger partial charge in [0.05, 0.1) is 0 Å². The molecular formula is C17H35N3OS. The molecule has 1 heterocycles. The van der Waals surface area contributed by atoms with Crippen LogP contribution in [0.5, 0.6) is 0 Å². The highest BCUT2D eigenvalue weighted by Gasteiger charge is 2.03. The van der Waals surface area contributed by atoms with Crippen molar-refractivity contribution in [2.75, 3.05) is 0 Å². The van der Waals surface area contributed by atoms with Crippen molar-refractivity contribution < 1.29 is 4.79 Å². The highest BCUT2D eigenvalue weighted by atomic mass is 32.1. The summed E-state index contributed by atoms with van der Waals surface area (Å²) in [6.45, 7) is 17.3. The van der Waals surface area contributed by atoms with Crippen LogP contribution in [0.4, 0.5) is 0 Å². The summed E-state index contributed by atoms with van der Waals surface area (Å²) < 4.78 is 0. The van der Waals surface area contributed by atoms with Gasteiger partial charge in [0, 0.05) is 5.57 Å². The molecule has 0 fully saturated rings. The first-order chi connectivity index (χ1) is 10.4. The standard InChI is InChI=1S/C7H13N3O.C4H4S.3C2H6/c1-4(2)5(3)6(11)10-7(8)9;1-2-4-5-3-1;3*1-2/h1-3H3,(H4,8,9,10,11);1-4H;3*1-2H3. The molecule has 0 aliphatic carbocycles. The summed E-state index contributed by atoms with van der Waals surface area (Å²) in [5, 5.41) is 4.08. The fraction of sp³-hybridized carbons (Fsp3) is 0.529. The number of guanidine groups is 1. The average Bonchev–Trinajstić information content (AvgIpc) is 3.11. The molecule has 1 aromatic heterocycles. The van der Waals surface area contributed by atoms with Gasteiger partial charge in [-0.2, -0.15) is 16.3 Å². The van der Waals surface area contributed by atoms with Gasteiger partial charge in [-0.25, -0.2) is 0 Å². The summed E-state index contributed by atoms with van der Waals surface area (Å²) >= 11 is 1.71. The Morgan fingerprint density at radius 3 is 1.41 bits per heavy atom.